The van der Waals surface area contributed by atoms with Crippen LogP contribution in [0.15, 0.2) is 17.5 Å². The standard InChI is InChI=1S/C16H26N6O2S/c1-12(2)19-16-21-14(13-4-3-11-25-13)20-15(22-16)18-6-8-24-10-9-23-7-5-17/h3-4,11-12H,5-10,17H2,1-2H3,(H2,18,19,20,21,22). The number of aromatic nitrogens is 3. The first-order chi connectivity index (χ1) is 12.2. The summed E-state index contributed by atoms with van der Waals surface area (Å²) in [6.07, 6.45) is 0. The summed E-state index contributed by atoms with van der Waals surface area (Å²) in [4.78, 5) is 14.4. The Morgan fingerprint density at radius 1 is 1.08 bits per heavy atom. The zero-order valence-corrected chi connectivity index (χ0v) is 15.5. The molecular weight excluding hydrogens is 340 g/mol. The quantitative estimate of drug-likeness (QED) is 0.488. The van der Waals surface area contributed by atoms with Crippen LogP contribution < -0.4 is 16.4 Å². The third-order valence-electron chi connectivity index (χ3n) is 2.96. The van der Waals surface area contributed by atoms with Crippen molar-refractivity contribution in [1.29, 1.82) is 0 Å². The third kappa shape index (κ3) is 7.30. The van der Waals surface area contributed by atoms with E-state index in [2.05, 4.69) is 25.6 Å². The van der Waals surface area contributed by atoms with Crippen molar-refractivity contribution in [2.45, 2.75) is 19.9 Å². The second-order valence-corrected chi connectivity index (χ2v) is 6.47. The number of rotatable bonds is 12. The average molecular weight is 366 g/mol. The molecule has 2 aromatic rings. The Kier molecular flexibility index (Phi) is 8.53. The highest BCUT2D eigenvalue weighted by molar-refractivity contribution is 7.13. The van der Waals surface area contributed by atoms with Gasteiger partial charge in [-0.2, -0.15) is 15.0 Å². The number of nitrogens with zero attached hydrogens (tertiary/aromatic N) is 3. The van der Waals surface area contributed by atoms with Gasteiger partial charge in [0.2, 0.25) is 11.9 Å². The number of thiophene rings is 1. The molecule has 0 aliphatic heterocycles. The van der Waals surface area contributed by atoms with Crippen LogP contribution in [-0.2, 0) is 9.47 Å². The van der Waals surface area contributed by atoms with Crippen LogP contribution in [-0.4, -0.2) is 60.5 Å². The molecule has 0 aliphatic rings. The highest BCUT2D eigenvalue weighted by Gasteiger charge is 2.10. The van der Waals surface area contributed by atoms with Gasteiger partial charge in [0.15, 0.2) is 5.82 Å². The van der Waals surface area contributed by atoms with E-state index in [1.807, 2.05) is 31.4 Å². The van der Waals surface area contributed by atoms with Crippen molar-refractivity contribution >= 4 is 23.2 Å². The first-order valence-electron chi connectivity index (χ1n) is 8.35. The van der Waals surface area contributed by atoms with Gasteiger partial charge < -0.3 is 25.8 Å². The fourth-order valence-electron chi connectivity index (χ4n) is 1.93. The highest BCUT2D eigenvalue weighted by Crippen LogP contribution is 2.22. The zero-order chi connectivity index (χ0) is 17.9. The van der Waals surface area contributed by atoms with Crippen molar-refractivity contribution < 1.29 is 9.47 Å². The molecule has 0 aromatic carbocycles. The monoisotopic (exact) mass is 366 g/mol. The Morgan fingerprint density at radius 2 is 1.84 bits per heavy atom. The van der Waals surface area contributed by atoms with Crippen LogP contribution in [0.3, 0.4) is 0 Å². The Labute approximate surface area is 152 Å². The molecule has 0 bridgehead atoms. The molecule has 0 amide bonds. The molecule has 2 aromatic heterocycles. The number of nitrogens with two attached hydrogens (primary N) is 1. The lowest BCUT2D eigenvalue weighted by Crippen LogP contribution is -2.17. The Morgan fingerprint density at radius 3 is 2.52 bits per heavy atom. The van der Waals surface area contributed by atoms with Crippen LogP contribution in [0.1, 0.15) is 13.8 Å². The highest BCUT2D eigenvalue weighted by atomic mass is 32.1. The summed E-state index contributed by atoms with van der Waals surface area (Å²) in [5.74, 6) is 1.75. The maximum absolute atomic E-state index is 5.49. The summed E-state index contributed by atoms with van der Waals surface area (Å²) in [5, 5.41) is 8.40. The van der Waals surface area contributed by atoms with Crippen LogP contribution in [0.5, 0.6) is 0 Å². The van der Waals surface area contributed by atoms with E-state index in [4.69, 9.17) is 15.2 Å². The molecule has 138 valence electrons. The van der Waals surface area contributed by atoms with E-state index in [-0.39, 0.29) is 6.04 Å². The first kappa shape index (κ1) is 19.5. The van der Waals surface area contributed by atoms with E-state index in [0.717, 1.165) is 4.88 Å². The van der Waals surface area contributed by atoms with Crippen LogP contribution in [0.2, 0.25) is 0 Å². The maximum Gasteiger partial charge on any atom is 0.228 e. The zero-order valence-electron chi connectivity index (χ0n) is 14.7. The molecular formula is C16H26N6O2S. The van der Waals surface area contributed by atoms with Gasteiger partial charge >= 0.3 is 0 Å². The second-order valence-electron chi connectivity index (χ2n) is 5.52. The van der Waals surface area contributed by atoms with Crippen molar-refractivity contribution in [3.8, 4) is 10.7 Å². The number of hydrogen-bond donors (Lipinski definition) is 3. The predicted octanol–water partition coefficient (Wildman–Crippen LogP) is 1.82. The van der Waals surface area contributed by atoms with Crippen LogP contribution in [0.25, 0.3) is 10.7 Å². The van der Waals surface area contributed by atoms with Crippen molar-refractivity contribution in [1.82, 2.24) is 15.0 Å². The van der Waals surface area contributed by atoms with E-state index in [9.17, 15) is 0 Å². The SMILES string of the molecule is CC(C)Nc1nc(NCCOCCOCCN)nc(-c2cccs2)n1. The van der Waals surface area contributed by atoms with Crippen LogP contribution >= 0.6 is 11.3 Å². The minimum atomic E-state index is 0.239. The normalized spacial score (nSPS) is 11.0. The second kappa shape index (κ2) is 10.9. The first-order valence-corrected chi connectivity index (χ1v) is 9.23. The molecule has 0 spiro atoms. The van der Waals surface area contributed by atoms with Gasteiger partial charge in [-0.05, 0) is 25.3 Å². The van der Waals surface area contributed by atoms with E-state index in [1.54, 1.807) is 11.3 Å². The van der Waals surface area contributed by atoms with Gasteiger partial charge in [0.25, 0.3) is 0 Å². The molecule has 0 aliphatic carbocycles. The fourth-order valence-corrected chi connectivity index (χ4v) is 2.59. The van der Waals surface area contributed by atoms with Gasteiger partial charge in [0.1, 0.15) is 0 Å². The Balaban J connectivity index is 1.87. The molecule has 25 heavy (non-hydrogen) atoms. The van der Waals surface area contributed by atoms with Crippen molar-refractivity contribution in [3.63, 3.8) is 0 Å². The lowest BCUT2D eigenvalue weighted by molar-refractivity contribution is 0.0547. The maximum atomic E-state index is 5.49. The predicted molar refractivity (Wildman–Crippen MR) is 101 cm³/mol. The number of hydrogen-bond acceptors (Lipinski definition) is 9. The molecule has 0 saturated heterocycles. The topological polar surface area (TPSA) is 107 Å². The molecule has 0 fully saturated rings. The van der Waals surface area contributed by atoms with Gasteiger partial charge in [-0.3, -0.25) is 0 Å². The fraction of sp³-hybridized carbons (Fsp3) is 0.562. The van der Waals surface area contributed by atoms with Crippen molar-refractivity contribution in [3.05, 3.63) is 17.5 Å². The van der Waals surface area contributed by atoms with Gasteiger partial charge in [-0.25, -0.2) is 0 Å². The smallest absolute Gasteiger partial charge is 0.228 e. The van der Waals surface area contributed by atoms with Crippen LogP contribution in [0, 0.1) is 0 Å². The third-order valence-corrected chi connectivity index (χ3v) is 3.82. The molecule has 2 rings (SSSR count). The summed E-state index contributed by atoms with van der Waals surface area (Å²) < 4.78 is 10.7. The van der Waals surface area contributed by atoms with Gasteiger partial charge in [-0.15, -0.1) is 11.3 Å². The van der Waals surface area contributed by atoms with Gasteiger partial charge in [-0.1, -0.05) is 6.07 Å². The number of anilines is 2. The summed E-state index contributed by atoms with van der Waals surface area (Å²) in [5.41, 5.74) is 5.35. The lowest BCUT2D eigenvalue weighted by Gasteiger charge is -2.11. The van der Waals surface area contributed by atoms with E-state index >= 15 is 0 Å². The molecule has 0 radical (unpaired) electrons. The molecule has 2 heterocycles. The number of nitrogens with one attached hydrogen (secondary N) is 2. The molecule has 4 N–H and O–H groups in total. The van der Waals surface area contributed by atoms with Gasteiger partial charge in [0, 0.05) is 19.1 Å². The minimum absolute atomic E-state index is 0.239. The molecule has 0 atom stereocenters. The Bertz CT molecular complexity index is 609. The molecule has 8 nitrogen and oxygen atoms in total. The molecule has 0 unspecified atom stereocenters. The molecule has 9 heteroatoms. The summed E-state index contributed by atoms with van der Waals surface area (Å²) in [6.45, 7) is 7.41. The van der Waals surface area contributed by atoms with Crippen molar-refractivity contribution in [2.24, 2.45) is 5.73 Å². The summed E-state index contributed by atoms with van der Waals surface area (Å²) in [7, 11) is 0. The van der Waals surface area contributed by atoms with E-state index < -0.39 is 0 Å². The van der Waals surface area contributed by atoms with Gasteiger partial charge in [0.05, 0.1) is 31.3 Å². The summed E-state index contributed by atoms with van der Waals surface area (Å²) in [6, 6.07) is 4.21. The lowest BCUT2D eigenvalue weighted by atomic mass is 10.4. The number of ether oxygens (including phenoxy) is 2. The van der Waals surface area contributed by atoms with E-state index in [1.165, 1.54) is 0 Å². The van der Waals surface area contributed by atoms with Crippen molar-refractivity contribution in [2.75, 3.05) is 50.2 Å². The largest absolute Gasteiger partial charge is 0.378 e. The van der Waals surface area contributed by atoms with Crippen LogP contribution in [0.4, 0.5) is 11.9 Å². The minimum Gasteiger partial charge on any atom is -0.378 e. The molecule has 0 saturated carbocycles. The van der Waals surface area contributed by atoms with E-state index in [0.29, 0.717) is 57.2 Å². The summed E-state index contributed by atoms with van der Waals surface area (Å²) >= 11 is 1.60. The average Bonchev–Trinajstić information content (AvgIpc) is 3.11. The Hall–Kier alpha value is -1.81.